The van der Waals surface area contributed by atoms with Gasteiger partial charge in [0.2, 0.25) is 0 Å². The molecule has 0 aliphatic heterocycles. The third kappa shape index (κ3) is 2.45. The average molecular weight is 171 g/mol. The molecule has 0 spiro atoms. The van der Waals surface area contributed by atoms with Gasteiger partial charge < -0.3 is 0 Å². The number of benzene rings is 1. The van der Waals surface area contributed by atoms with Crippen LogP contribution in [0.15, 0.2) is 36.5 Å². The number of rotatable bonds is 2. The molecule has 0 aliphatic rings. The lowest BCUT2D eigenvalue weighted by Gasteiger charge is -2.09. The molecule has 0 heterocycles. The van der Waals surface area contributed by atoms with Crippen LogP contribution in [0.3, 0.4) is 0 Å². The number of hydrogen-bond donors (Lipinski definition) is 0. The minimum Gasteiger partial charge on any atom is -0.246 e. The van der Waals surface area contributed by atoms with Gasteiger partial charge in [-0.25, -0.2) is 4.85 Å². The van der Waals surface area contributed by atoms with E-state index in [0.29, 0.717) is 5.92 Å². The van der Waals surface area contributed by atoms with Crippen molar-refractivity contribution in [3.8, 4) is 0 Å². The lowest BCUT2D eigenvalue weighted by molar-refractivity contribution is 0.855. The second-order valence-corrected chi connectivity index (χ2v) is 3.23. The molecule has 1 aromatic rings. The molecule has 0 amide bonds. The second-order valence-electron chi connectivity index (χ2n) is 3.23. The van der Waals surface area contributed by atoms with Crippen molar-refractivity contribution in [2.24, 2.45) is 5.92 Å². The van der Waals surface area contributed by atoms with E-state index < -0.39 is 0 Å². The van der Waals surface area contributed by atoms with Crippen LogP contribution in [0.5, 0.6) is 0 Å². The molecule has 1 rings (SSSR count). The van der Waals surface area contributed by atoms with E-state index in [2.05, 4.69) is 18.7 Å². The number of allylic oxidation sites excluding steroid dienone is 1. The Morgan fingerprint density at radius 2 is 1.92 bits per heavy atom. The molecule has 66 valence electrons. The van der Waals surface area contributed by atoms with Crippen LogP contribution >= 0.6 is 0 Å². The molecule has 0 atom stereocenters. The molecular formula is C12H13N. The number of nitrogens with zero attached hydrogens (tertiary/aromatic N) is 1. The lowest BCUT2D eigenvalue weighted by atomic mass is 9.96. The Kier molecular flexibility index (Phi) is 3.28. The van der Waals surface area contributed by atoms with Gasteiger partial charge in [-0.1, -0.05) is 44.2 Å². The minimum atomic E-state index is 0.400. The highest BCUT2D eigenvalue weighted by Gasteiger charge is 2.04. The summed E-state index contributed by atoms with van der Waals surface area (Å²) >= 11 is 0. The van der Waals surface area contributed by atoms with E-state index in [1.165, 1.54) is 0 Å². The summed E-state index contributed by atoms with van der Waals surface area (Å²) in [4.78, 5) is 3.32. The van der Waals surface area contributed by atoms with Gasteiger partial charge in [0.25, 0.3) is 0 Å². The van der Waals surface area contributed by atoms with Gasteiger partial charge >= 0.3 is 0 Å². The molecule has 0 N–H and O–H groups in total. The Morgan fingerprint density at radius 1 is 1.31 bits per heavy atom. The van der Waals surface area contributed by atoms with Crippen LogP contribution in [0.1, 0.15) is 19.4 Å². The largest absolute Gasteiger partial charge is 0.246 e. The SMILES string of the molecule is [C-]#[N+]/C=C(\c1ccccc1)C(C)C. The van der Waals surface area contributed by atoms with Crippen LogP contribution in [0, 0.1) is 12.5 Å². The molecule has 0 bridgehead atoms. The van der Waals surface area contributed by atoms with Crippen LogP contribution in [0.25, 0.3) is 10.4 Å². The van der Waals surface area contributed by atoms with E-state index in [1.807, 2.05) is 30.3 Å². The standard InChI is InChI=1S/C12H13N/c1-10(2)12(9-13-3)11-7-5-4-6-8-11/h4-10H,1-2H3/b12-9-. The first-order valence-electron chi connectivity index (χ1n) is 4.37. The van der Waals surface area contributed by atoms with Gasteiger partial charge in [0, 0.05) is 0 Å². The molecule has 0 saturated carbocycles. The third-order valence-corrected chi connectivity index (χ3v) is 1.93. The van der Waals surface area contributed by atoms with Gasteiger partial charge in [-0.2, -0.15) is 0 Å². The van der Waals surface area contributed by atoms with Crippen molar-refractivity contribution in [3.63, 3.8) is 0 Å². The van der Waals surface area contributed by atoms with Crippen molar-refractivity contribution in [3.05, 3.63) is 53.5 Å². The zero-order valence-corrected chi connectivity index (χ0v) is 7.99. The minimum absolute atomic E-state index is 0.400. The van der Waals surface area contributed by atoms with Crippen LogP contribution in [0.2, 0.25) is 0 Å². The fourth-order valence-corrected chi connectivity index (χ4v) is 1.26. The van der Waals surface area contributed by atoms with E-state index in [-0.39, 0.29) is 0 Å². The van der Waals surface area contributed by atoms with Crippen LogP contribution in [-0.4, -0.2) is 0 Å². The molecule has 0 saturated heterocycles. The molecule has 0 unspecified atom stereocenters. The van der Waals surface area contributed by atoms with Crippen molar-refractivity contribution in [2.45, 2.75) is 13.8 Å². The van der Waals surface area contributed by atoms with Gasteiger partial charge in [0.1, 0.15) is 0 Å². The lowest BCUT2D eigenvalue weighted by Crippen LogP contribution is -1.92. The van der Waals surface area contributed by atoms with E-state index >= 15 is 0 Å². The van der Waals surface area contributed by atoms with Crippen LogP contribution < -0.4 is 0 Å². The molecule has 0 fully saturated rings. The fourth-order valence-electron chi connectivity index (χ4n) is 1.26. The summed E-state index contributed by atoms with van der Waals surface area (Å²) in [5.74, 6) is 0.400. The zero-order valence-electron chi connectivity index (χ0n) is 7.99. The highest BCUT2D eigenvalue weighted by Crippen LogP contribution is 2.22. The third-order valence-electron chi connectivity index (χ3n) is 1.93. The van der Waals surface area contributed by atoms with Crippen molar-refractivity contribution in [1.82, 2.24) is 0 Å². The smallest absolute Gasteiger partial charge is 0.158 e. The Hall–Kier alpha value is -1.55. The number of hydrogen-bond acceptors (Lipinski definition) is 0. The second kappa shape index (κ2) is 4.47. The fraction of sp³-hybridized carbons (Fsp3) is 0.250. The Balaban J connectivity index is 3.05. The quantitative estimate of drug-likeness (QED) is 0.599. The molecule has 1 nitrogen and oxygen atoms in total. The van der Waals surface area contributed by atoms with Crippen molar-refractivity contribution in [2.75, 3.05) is 0 Å². The van der Waals surface area contributed by atoms with Crippen molar-refractivity contribution in [1.29, 1.82) is 0 Å². The monoisotopic (exact) mass is 171 g/mol. The molecule has 13 heavy (non-hydrogen) atoms. The topological polar surface area (TPSA) is 4.36 Å². The first-order valence-corrected chi connectivity index (χ1v) is 4.37. The zero-order chi connectivity index (χ0) is 9.68. The van der Waals surface area contributed by atoms with Gasteiger partial charge in [-0.3, -0.25) is 0 Å². The van der Waals surface area contributed by atoms with E-state index in [4.69, 9.17) is 6.57 Å². The summed E-state index contributed by atoms with van der Waals surface area (Å²) in [6.07, 6.45) is 1.61. The normalized spacial score (nSPS) is 11.4. The predicted octanol–water partition coefficient (Wildman–Crippen LogP) is 3.60. The summed E-state index contributed by atoms with van der Waals surface area (Å²) in [6.45, 7) is 11.0. The Morgan fingerprint density at radius 3 is 2.38 bits per heavy atom. The van der Waals surface area contributed by atoms with Crippen molar-refractivity contribution < 1.29 is 0 Å². The Labute approximate surface area is 79.5 Å². The Bertz CT molecular complexity index is 328. The van der Waals surface area contributed by atoms with Gasteiger partial charge in [-0.05, 0) is 17.1 Å². The first-order chi connectivity index (χ1) is 6.25. The molecule has 0 aliphatic carbocycles. The average Bonchev–Trinajstić information content (AvgIpc) is 2.15. The van der Waals surface area contributed by atoms with Crippen molar-refractivity contribution >= 4 is 5.57 Å². The summed E-state index contributed by atoms with van der Waals surface area (Å²) < 4.78 is 0. The first kappa shape index (κ1) is 9.54. The summed E-state index contributed by atoms with van der Waals surface area (Å²) in [5.41, 5.74) is 2.25. The van der Waals surface area contributed by atoms with Gasteiger partial charge in [0.05, 0.1) is 6.57 Å². The highest BCUT2D eigenvalue weighted by atomic mass is 14.6. The highest BCUT2D eigenvalue weighted by molar-refractivity contribution is 5.67. The molecular weight excluding hydrogens is 158 g/mol. The predicted molar refractivity (Wildman–Crippen MR) is 55.9 cm³/mol. The molecule has 0 radical (unpaired) electrons. The van der Waals surface area contributed by atoms with Gasteiger partial charge in [-0.15, -0.1) is 0 Å². The maximum Gasteiger partial charge on any atom is 0.158 e. The summed E-state index contributed by atoms with van der Waals surface area (Å²) in [6, 6.07) is 10.1. The van der Waals surface area contributed by atoms with Crippen LogP contribution in [-0.2, 0) is 0 Å². The summed E-state index contributed by atoms with van der Waals surface area (Å²) in [5, 5.41) is 0. The summed E-state index contributed by atoms with van der Waals surface area (Å²) in [7, 11) is 0. The van der Waals surface area contributed by atoms with Crippen LogP contribution in [0.4, 0.5) is 0 Å². The molecule has 1 aromatic carbocycles. The maximum absolute atomic E-state index is 6.82. The van der Waals surface area contributed by atoms with E-state index in [1.54, 1.807) is 6.20 Å². The molecule has 1 heteroatoms. The van der Waals surface area contributed by atoms with E-state index in [0.717, 1.165) is 11.1 Å². The molecule has 0 aromatic heterocycles. The van der Waals surface area contributed by atoms with Gasteiger partial charge in [0.15, 0.2) is 6.20 Å². The van der Waals surface area contributed by atoms with E-state index in [9.17, 15) is 0 Å². The maximum atomic E-state index is 6.82.